The number of carbonyl (C=O) groups is 1. The molecule has 7 nitrogen and oxygen atoms in total. The SMILES string of the molecule is COC(=O)c1cc2nc(NC(C)c3cccc(C(F)F)c3F)c3cc(OC)c(OC)cc3n2c1. The van der Waals surface area contributed by atoms with E-state index in [0.29, 0.717) is 33.9 Å². The summed E-state index contributed by atoms with van der Waals surface area (Å²) in [5.74, 6) is -0.290. The Morgan fingerprint density at radius 2 is 1.74 bits per heavy atom. The smallest absolute Gasteiger partial charge is 0.339 e. The van der Waals surface area contributed by atoms with Crippen LogP contribution in [0.4, 0.5) is 19.0 Å². The summed E-state index contributed by atoms with van der Waals surface area (Å²) in [7, 11) is 4.26. The number of ether oxygens (including phenoxy) is 3. The molecule has 0 saturated carbocycles. The summed E-state index contributed by atoms with van der Waals surface area (Å²) in [4.78, 5) is 16.7. The number of benzene rings is 2. The number of alkyl halides is 2. The molecule has 10 heteroatoms. The number of anilines is 1. The molecule has 0 spiro atoms. The maximum Gasteiger partial charge on any atom is 0.339 e. The van der Waals surface area contributed by atoms with Crippen molar-refractivity contribution < 1.29 is 32.2 Å². The molecule has 0 radical (unpaired) electrons. The Hall–Kier alpha value is -3.95. The molecule has 1 N–H and O–H groups in total. The molecule has 0 aliphatic carbocycles. The number of hydrogen-bond donors (Lipinski definition) is 1. The number of carbonyl (C=O) groups excluding carboxylic acids is 1. The summed E-state index contributed by atoms with van der Waals surface area (Å²) in [6.07, 6.45) is -1.35. The molecule has 2 aromatic carbocycles. The van der Waals surface area contributed by atoms with Gasteiger partial charge in [0.2, 0.25) is 0 Å². The van der Waals surface area contributed by atoms with Crippen LogP contribution < -0.4 is 14.8 Å². The van der Waals surface area contributed by atoms with Gasteiger partial charge in [0.05, 0.1) is 44.0 Å². The van der Waals surface area contributed by atoms with Crippen molar-refractivity contribution in [2.45, 2.75) is 19.4 Å². The lowest BCUT2D eigenvalue weighted by Gasteiger charge is -2.20. The lowest BCUT2D eigenvalue weighted by Crippen LogP contribution is -2.12. The van der Waals surface area contributed by atoms with Crippen molar-refractivity contribution in [2.24, 2.45) is 0 Å². The van der Waals surface area contributed by atoms with E-state index in [4.69, 9.17) is 14.2 Å². The molecule has 0 saturated heterocycles. The monoisotopic (exact) mass is 473 g/mol. The van der Waals surface area contributed by atoms with E-state index in [2.05, 4.69) is 10.3 Å². The van der Waals surface area contributed by atoms with E-state index in [-0.39, 0.29) is 11.1 Å². The normalized spacial score (nSPS) is 12.2. The van der Waals surface area contributed by atoms with Crippen molar-refractivity contribution in [3.05, 3.63) is 65.1 Å². The highest BCUT2D eigenvalue weighted by molar-refractivity contribution is 5.97. The van der Waals surface area contributed by atoms with Gasteiger partial charge in [-0.05, 0) is 19.1 Å². The minimum Gasteiger partial charge on any atom is -0.493 e. The van der Waals surface area contributed by atoms with Gasteiger partial charge < -0.3 is 19.5 Å². The lowest BCUT2D eigenvalue weighted by atomic mass is 10.0. The molecule has 1 unspecified atom stereocenters. The summed E-state index contributed by atoms with van der Waals surface area (Å²) in [5.41, 5.74) is 0.719. The molecule has 0 amide bonds. The molecule has 178 valence electrons. The van der Waals surface area contributed by atoms with Crippen LogP contribution in [0, 0.1) is 5.82 Å². The third-order valence-corrected chi connectivity index (χ3v) is 5.58. The number of methoxy groups -OCH3 is 3. The first-order valence-corrected chi connectivity index (χ1v) is 10.3. The topological polar surface area (TPSA) is 74.1 Å². The standard InChI is InChI=1S/C24H22F3N3O4/c1-12(14-6-5-7-15(21(14)25)22(26)27)28-23-16-9-18(32-2)19(33-3)10-17(16)30-11-13(24(31)34-4)8-20(30)29-23/h5-12,22H,1-4H3,(H,28,29). The van der Waals surface area contributed by atoms with Crippen molar-refractivity contribution in [2.75, 3.05) is 26.6 Å². The maximum absolute atomic E-state index is 14.8. The number of nitrogens with one attached hydrogen (secondary N) is 1. The lowest BCUT2D eigenvalue weighted by molar-refractivity contribution is 0.0601. The molecule has 0 fully saturated rings. The van der Waals surface area contributed by atoms with Gasteiger partial charge in [0.1, 0.15) is 17.3 Å². The number of halogens is 3. The summed E-state index contributed by atoms with van der Waals surface area (Å²) in [6, 6.07) is 8.14. The van der Waals surface area contributed by atoms with Crippen LogP contribution >= 0.6 is 0 Å². The first-order valence-electron chi connectivity index (χ1n) is 10.3. The Labute approximate surface area is 193 Å². The van der Waals surface area contributed by atoms with Gasteiger partial charge in [0.25, 0.3) is 6.43 Å². The largest absolute Gasteiger partial charge is 0.493 e. The number of aromatic nitrogens is 2. The summed E-state index contributed by atoms with van der Waals surface area (Å²) < 4.78 is 58.5. The van der Waals surface area contributed by atoms with E-state index < -0.39 is 29.8 Å². The van der Waals surface area contributed by atoms with E-state index in [1.165, 1.54) is 33.5 Å². The summed E-state index contributed by atoms with van der Waals surface area (Å²) >= 11 is 0. The van der Waals surface area contributed by atoms with E-state index in [0.717, 1.165) is 6.07 Å². The molecule has 4 aromatic rings. The molecule has 2 heterocycles. The predicted molar refractivity (Wildman–Crippen MR) is 121 cm³/mol. The zero-order valence-electron chi connectivity index (χ0n) is 18.9. The number of rotatable bonds is 7. The molecule has 34 heavy (non-hydrogen) atoms. The van der Waals surface area contributed by atoms with E-state index in [9.17, 15) is 18.0 Å². The average molecular weight is 473 g/mol. The van der Waals surface area contributed by atoms with Crippen LogP contribution in [0.25, 0.3) is 16.6 Å². The van der Waals surface area contributed by atoms with Crippen LogP contribution in [0.5, 0.6) is 11.5 Å². The molecule has 2 aromatic heterocycles. The summed E-state index contributed by atoms with van der Waals surface area (Å²) in [5, 5.41) is 3.70. The third-order valence-electron chi connectivity index (χ3n) is 5.58. The van der Waals surface area contributed by atoms with Crippen LogP contribution in [-0.4, -0.2) is 36.7 Å². The number of fused-ring (bicyclic) bond motifs is 3. The molecule has 0 bridgehead atoms. The number of esters is 1. The quantitative estimate of drug-likeness (QED) is 0.355. The van der Waals surface area contributed by atoms with Gasteiger partial charge in [0.15, 0.2) is 11.5 Å². The second kappa shape index (κ2) is 9.12. The third kappa shape index (κ3) is 3.95. The molecule has 0 aliphatic heterocycles. The Balaban J connectivity index is 1.90. The fourth-order valence-corrected chi connectivity index (χ4v) is 3.86. The Bertz CT molecular complexity index is 1390. The van der Waals surface area contributed by atoms with Crippen LogP contribution in [0.1, 0.15) is 40.9 Å². The van der Waals surface area contributed by atoms with Gasteiger partial charge in [-0.2, -0.15) is 0 Å². The van der Waals surface area contributed by atoms with Crippen molar-refractivity contribution in [1.82, 2.24) is 9.38 Å². The fourth-order valence-electron chi connectivity index (χ4n) is 3.86. The van der Waals surface area contributed by atoms with Gasteiger partial charge in [-0.3, -0.25) is 4.40 Å². The van der Waals surface area contributed by atoms with Crippen molar-refractivity contribution in [1.29, 1.82) is 0 Å². The van der Waals surface area contributed by atoms with Crippen LogP contribution in [0.2, 0.25) is 0 Å². The van der Waals surface area contributed by atoms with Gasteiger partial charge in [-0.25, -0.2) is 22.9 Å². The van der Waals surface area contributed by atoms with Gasteiger partial charge in [0, 0.05) is 23.2 Å². The zero-order chi connectivity index (χ0) is 24.6. The van der Waals surface area contributed by atoms with E-state index in [1.807, 2.05) is 0 Å². The minimum atomic E-state index is -2.93. The molecule has 0 aliphatic rings. The highest BCUT2D eigenvalue weighted by Gasteiger charge is 2.22. The van der Waals surface area contributed by atoms with Crippen molar-refractivity contribution in [3.63, 3.8) is 0 Å². The van der Waals surface area contributed by atoms with Gasteiger partial charge in [-0.15, -0.1) is 0 Å². The fraction of sp³-hybridized carbons (Fsp3) is 0.250. The van der Waals surface area contributed by atoms with Gasteiger partial charge >= 0.3 is 5.97 Å². The zero-order valence-corrected chi connectivity index (χ0v) is 18.9. The molecule has 1 atom stereocenters. The van der Waals surface area contributed by atoms with Crippen LogP contribution in [0.3, 0.4) is 0 Å². The highest BCUT2D eigenvalue weighted by Crippen LogP contribution is 2.37. The predicted octanol–water partition coefficient (Wildman–Crippen LogP) is 5.54. The van der Waals surface area contributed by atoms with Crippen LogP contribution in [0.15, 0.2) is 42.6 Å². The van der Waals surface area contributed by atoms with Crippen molar-refractivity contribution >= 4 is 28.3 Å². The second-order valence-corrected chi connectivity index (χ2v) is 7.55. The first-order chi connectivity index (χ1) is 16.3. The number of nitrogens with zero attached hydrogens (tertiary/aromatic N) is 2. The molecule has 4 rings (SSSR count). The van der Waals surface area contributed by atoms with Crippen molar-refractivity contribution in [3.8, 4) is 11.5 Å². The molecular weight excluding hydrogens is 451 g/mol. The number of hydrogen-bond acceptors (Lipinski definition) is 6. The Morgan fingerprint density at radius 1 is 1.06 bits per heavy atom. The minimum absolute atomic E-state index is 0.0683. The average Bonchev–Trinajstić information content (AvgIpc) is 3.26. The maximum atomic E-state index is 14.8. The Kier molecular flexibility index (Phi) is 6.23. The highest BCUT2D eigenvalue weighted by atomic mass is 19.3. The van der Waals surface area contributed by atoms with E-state index >= 15 is 0 Å². The Morgan fingerprint density at radius 3 is 2.38 bits per heavy atom. The first kappa shape index (κ1) is 23.2. The van der Waals surface area contributed by atoms with Crippen LogP contribution in [-0.2, 0) is 4.74 Å². The second-order valence-electron chi connectivity index (χ2n) is 7.55. The summed E-state index contributed by atoms with van der Waals surface area (Å²) in [6.45, 7) is 1.64. The molecular formula is C24H22F3N3O4. The van der Waals surface area contributed by atoms with Gasteiger partial charge in [-0.1, -0.05) is 18.2 Å². The van der Waals surface area contributed by atoms with E-state index in [1.54, 1.807) is 35.7 Å².